The minimum Gasteiger partial charge on any atom is -0.634 e. The summed E-state index contributed by atoms with van der Waals surface area (Å²) in [6.45, 7) is 6.82. The summed E-state index contributed by atoms with van der Waals surface area (Å²) in [6.07, 6.45) is 3.46. The van der Waals surface area contributed by atoms with Crippen LogP contribution in [-0.2, 0) is 0 Å². The van der Waals surface area contributed by atoms with Crippen molar-refractivity contribution in [1.29, 1.82) is 0 Å². The zero-order chi connectivity index (χ0) is 7.98. The molecule has 0 fully saturated rings. The van der Waals surface area contributed by atoms with Crippen LogP contribution in [-0.4, -0.2) is 12.6 Å². The van der Waals surface area contributed by atoms with Gasteiger partial charge in [0, 0.05) is 0 Å². The van der Waals surface area contributed by atoms with Crippen LogP contribution in [0.1, 0.15) is 40.0 Å². The second-order valence-electron chi connectivity index (χ2n) is 2.86. The first-order valence-electron chi connectivity index (χ1n) is 4.25. The van der Waals surface area contributed by atoms with Crippen molar-refractivity contribution in [3.05, 3.63) is 5.21 Å². The molecule has 2 unspecified atom stereocenters. The SMILES string of the molecule is CCCCC(C)[NH+]([O-])CC. The number of hydrogen-bond donors (Lipinski definition) is 1. The highest BCUT2D eigenvalue weighted by Gasteiger charge is 2.05. The molecule has 0 aromatic heterocycles. The molecule has 1 N–H and O–H groups in total. The van der Waals surface area contributed by atoms with E-state index in [1.54, 1.807) is 0 Å². The summed E-state index contributed by atoms with van der Waals surface area (Å²) in [7, 11) is 0. The number of quaternary nitrogens is 1. The van der Waals surface area contributed by atoms with E-state index in [1.807, 2.05) is 13.8 Å². The number of hydroxylamine groups is 2. The molecule has 0 spiro atoms. The van der Waals surface area contributed by atoms with Gasteiger partial charge in [-0.15, -0.1) is 0 Å². The van der Waals surface area contributed by atoms with E-state index < -0.39 is 0 Å². The summed E-state index contributed by atoms with van der Waals surface area (Å²) in [5, 5.41) is 11.4. The fourth-order valence-corrected chi connectivity index (χ4v) is 1.02. The molecule has 0 radical (unpaired) electrons. The molecule has 0 heterocycles. The van der Waals surface area contributed by atoms with Crippen LogP contribution in [0.5, 0.6) is 0 Å². The van der Waals surface area contributed by atoms with Gasteiger partial charge in [0.05, 0.1) is 12.6 Å². The first-order chi connectivity index (χ1) is 4.72. The van der Waals surface area contributed by atoms with Gasteiger partial charge >= 0.3 is 0 Å². The summed E-state index contributed by atoms with van der Waals surface area (Å²) in [6, 6.07) is 0.296. The first kappa shape index (κ1) is 9.92. The van der Waals surface area contributed by atoms with E-state index in [1.165, 1.54) is 12.8 Å². The summed E-state index contributed by atoms with van der Waals surface area (Å²) in [5.74, 6) is 0. The van der Waals surface area contributed by atoms with E-state index in [-0.39, 0.29) is 0 Å². The Hall–Kier alpha value is -0.0800. The molecule has 0 bridgehead atoms. The van der Waals surface area contributed by atoms with Crippen molar-refractivity contribution in [2.45, 2.75) is 46.1 Å². The topological polar surface area (TPSA) is 27.5 Å². The average molecular weight is 145 g/mol. The molecule has 0 saturated carbocycles. The third-order valence-corrected chi connectivity index (χ3v) is 1.89. The zero-order valence-corrected chi connectivity index (χ0v) is 7.31. The lowest BCUT2D eigenvalue weighted by atomic mass is 10.1. The molecule has 0 saturated heterocycles. The zero-order valence-electron chi connectivity index (χ0n) is 7.31. The summed E-state index contributed by atoms with van der Waals surface area (Å²) in [5.41, 5.74) is 0. The summed E-state index contributed by atoms with van der Waals surface area (Å²) < 4.78 is 0. The Kier molecular flexibility index (Phi) is 5.64. The van der Waals surface area contributed by atoms with E-state index in [4.69, 9.17) is 0 Å². The number of hydrogen-bond acceptors (Lipinski definition) is 1. The van der Waals surface area contributed by atoms with Gasteiger partial charge in [0.1, 0.15) is 0 Å². The molecule has 0 aromatic rings. The van der Waals surface area contributed by atoms with Crippen molar-refractivity contribution in [2.24, 2.45) is 0 Å². The second kappa shape index (κ2) is 5.69. The molecule has 0 amide bonds. The molecule has 2 heteroatoms. The lowest BCUT2D eigenvalue weighted by Crippen LogP contribution is -3.10. The van der Waals surface area contributed by atoms with Crippen LogP contribution in [0.4, 0.5) is 0 Å². The van der Waals surface area contributed by atoms with Gasteiger partial charge in [-0.2, -0.15) is 0 Å². The normalized spacial score (nSPS) is 16.8. The van der Waals surface area contributed by atoms with Gasteiger partial charge in [0.2, 0.25) is 0 Å². The Balaban J connectivity index is 3.31. The van der Waals surface area contributed by atoms with Crippen molar-refractivity contribution < 1.29 is 5.06 Å². The summed E-state index contributed by atoms with van der Waals surface area (Å²) >= 11 is 0. The van der Waals surface area contributed by atoms with E-state index in [2.05, 4.69) is 6.92 Å². The second-order valence-corrected chi connectivity index (χ2v) is 2.86. The quantitative estimate of drug-likeness (QED) is 0.573. The van der Waals surface area contributed by atoms with Crippen LogP contribution in [0.15, 0.2) is 0 Å². The van der Waals surface area contributed by atoms with Gasteiger partial charge in [-0.1, -0.05) is 13.3 Å². The minimum absolute atomic E-state index is 0.296. The molecule has 10 heavy (non-hydrogen) atoms. The molecular formula is C8H19NO. The average Bonchev–Trinajstić information content (AvgIpc) is 1.98. The highest BCUT2D eigenvalue weighted by Crippen LogP contribution is 1.95. The fourth-order valence-electron chi connectivity index (χ4n) is 1.02. The molecule has 0 rings (SSSR count). The monoisotopic (exact) mass is 145 g/mol. The molecule has 0 aliphatic carbocycles. The molecule has 62 valence electrons. The maximum atomic E-state index is 11.0. The van der Waals surface area contributed by atoms with Crippen molar-refractivity contribution in [3.63, 3.8) is 0 Å². The van der Waals surface area contributed by atoms with Gasteiger partial charge in [-0.25, -0.2) is 0 Å². The molecular weight excluding hydrogens is 126 g/mol. The van der Waals surface area contributed by atoms with E-state index in [0.29, 0.717) is 17.6 Å². The van der Waals surface area contributed by atoms with Crippen LogP contribution in [0.3, 0.4) is 0 Å². The lowest BCUT2D eigenvalue weighted by Gasteiger charge is -2.27. The van der Waals surface area contributed by atoms with Gasteiger partial charge in [-0.3, -0.25) is 0 Å². The predicted molar refractivity (Wildman–Crippen MR) is 43.9 cm³/mol. The molecule has 2 atom stereocenters. The maximum absolute atomic E-state index is 11.0. The van der Waals surface area contributed by atoms with Crippen molar-refractivity contribution in [1.82, 2.24) is 0 Å². The van der Waals surface area contributed by atoms with Crippen LogP contribution in [0.25, 0.3) is 0 Å². The third-order valence-electron chi connectivity index (χ3n) is 1.89. The van der Waals surface area contributed by atoms with Gasteiger partial charge < -0.3 is 10.3 Å². The van der Waals surface area contributed by atoms with E-state index in [0.717, 1.165) is 6.42 Å². The Bertz CT molecular complexity index is 75.7. The van der Waals surface area contributed by atoms with E-state index in [9.17, 15) is 5.21 Å². The Morgan fingerprint density at radius 2 is 2.00 bits per heavy atom. The molecule has 2 nitrogen and oxygen atoms in total. The number of nitrogens with one attached hydrogen (secondary N) is 1. The Morgan fingerprint density at radius 3 is 2.40 bits per heavy atom. The largest absolute Gasteiger partial charge is 0.634 e. The molecule has 0 aliphatic rings. The highest BCUT2D eigenvalue weighted by atomic mass is 16.5. The van der Waals surface area contributed by atoms with Crippen LogP contribution in [0.2, 0.25) is 0 Å². The Morgan fingerprint density at radius 1 is 1.40 bits per heavy atom. The van der Waals surface area contributed by atoms with Gasteiger partial charge in [0.25, 0.3) is 0 Å². The number of unbranched alkanes of at least 4 members (excludes halogenated alkanes) is 1. The maximum Gasteiger partial charge on any atom is 0.0843 e. The van der Waals surface area contributed by atoms with Crippen LogP contribution in [0, 0.1) is 5.21 Å². The fraction of sp³-hybridized carbons (Fsp3) is 1.00. The van der Waals surface area contributed by atoms with Crippen molar-refractivity contribution in [2.75, 3.05) is 6.54 Å². The minimum atomic E-state index is 0.296. The molecule has 0 aromatic carbocycles. The molecule has 0 aliphatic heterocycles. The standard InChI is InChI=1S/C8H19NO/c1-4-6-7-8(3)9(10)5-2/h8-9H,4-7H2,1-3H3. The summed E-state index contributed by atoms with van der Waals surface area (Å²) in [4.78, 5) is 0. The highest BCUT2D eigenvalue weighted by molar-refractivity contribution is 4.47. The predicted octanol–water partition coefficient (Wildman–Crippen LogP) is 0.968. The first-order valence-corrected chi connectivity index (χ1v) is 4.25. The van der Waals surface area contributed by atoms with Crippen LogP contribution >= 0.6 is 0 Å². The Labute approximate surface area is 63.8 Å². The smallest absolute Gasteiger partial charge is 0.0843 e. The van der Waals surface area contributed by atoms with Crippen molar-refractivity contribution >= 4 is 0 Å². The third kappa shape index (κ3) is 3.85. The van der Waals surface area contributed by atoms with Crippen LogP contribution < -0.4 is 5.06 Å². The van der Waals surface area contributed by atoms with E-state index >= 15 is 0 Å². The van der Waals surface area contributed by atoms with Crippen molar-refractivity contribution in [3.8, 4) is 0 Å². The van der Waals surface area contributed by atoms with Gasteiger partial charge in [-0.05, 0) is 26.7 Å². The van der Waals surface area contributed by atoms with Gasteiger partial charge in [0.15, 0.2) is 0 Å². The number of rotatable bonds is 5. The lowest BCUT2D eigenvalue weighted by molar-refractivity contribution is -0.871.